The first-order valence-electron chi connectivity index (χ1n) is 11.5. The van der Waals surface area contributed by atoms with Gasteiger partial charge in [0.1, 0.15) is 0 Å². The maximum absolute atomic E-state index is 3.55. The lowest BCUT2D eigenvalue weighted by Crippen LogP contribution is -2.12. The zero-order valence-corrected chi connectivity index (χ0v) is 17.8. The van der Waals surface area contributed by atoms with E-state index in [-0.39, 0.29) is 0 Å². The predicted octanol–water partition coefficient (Wildman–Crippen LogP) is 7.70. The van der Waals surface area contributed by atoms with Crippen molar-refractivity contribution in [3.63, 3.8) is 0 Å². The molecule has 0 nitrogen and oxygen atoms in total. The van der Waals surface area contributed by atoms with Crippen LogP contribution in [0.1, 0.15) is 93.4 Å². The summed E-state index contributed by atoms with van der Waals surface area (Å²) in [6.07, 6.45) is 12.6. The molecule has 28 heavy (non-hydrogen) atoms. The Morgan fingerprint density at radius 1 is 0.714 bits per heavy atom. The highest BCUT2D eigenvalue weighted by molar-refractivity contribution is 5.37. The molecule has 3 rings (SSSR count). The maximum Gasteiger partial charge on any atom is 0.0245 e. The number of unbranched alkanes of at least 4 members (excludes halogenated alkanes) is 2. The van der Waals surface area contributed by atoms with Crippen molar-refractivity contribution in [1.82, 2.24) is 0 Å². The highest BCUT2D eigenvalue weighted by Gasteiger charge is 2.21. The van der Waals surface area contributed by atoms with E-state index in [1.54, 1.807) is 0 Å². The van der Waals surface area contributed by atoms with Gasteiger partial charge in [0, 0.05) is 11.5 Å². The number of benzene rings is 2. The van der Waals surface area contributed by atoms with Crippen LogP contribution in [0.2, 0.25) is 0 Å². The smallest absolute Gasteiger partial charge is 0.0245 e. The molecule has 0 aliphatic heterocycles. The lowest BCUT2D eigenvalue weighted by Gasteiger charge is -2.26. The van der Waals surface area contributed by atoms with Gasteiger partial charge in [0.25, 0.3) is 0 Å². The topological polar surface area (TPSA) is 0 Å². The van der Waals surface area contributed by atoms with Crippen molar-refractivity contribution in [3.05, 3.63) is 70.8 Å². The van der Waals surface area contributed by atoms with Crippen LogP contribution >= 0.6 is 0 Å². The average Bonchev–Trinajstić information content (AvgIpc) is 2.76. The van der Waals surface area contributed by atoms with Gasteiger partial charge in [-0.25, -0.2) is 0 Å². The first kappa shape index (κ1) is 20.7. The summed E-state index contributed by atoms with van der Waals surface area (Å²) in [7, 11) is 0. The van der Waals surface area contributed by atoms with E-state index in [2.05, 4.69) is 74.2 Å². The predicted molar refractivity (Wildman–Crippen MR) is 122 cm³/mol. The van der Waals surface area contributed by atoms with Crippen LogP contribution in [0.25, 0.3) is 0 Å². The summed E-state index contributed by atoms with van der Waals surface area (Å²) in [6, 6.07) is 18.3. The van der Waals surface area contributed by atoms with Crippen molar-refractivity contribution >= 4 is 0 Å². The van der Waals surface area contributed by atoms with E-state index in [0.717, 1.165) is 5.92 Å². The Bertz CT molecular complexity index is 746. The zero-order chi connectivity index (χ0) is 19.6. The van der Waals surface area contributed by atoms with Gasteiger partial charge in [0.15, 0.2) is 0 Å². The Hall–Kier alpha value is -2.00. The number of hydrogen-bond acceptors (Lipinski definition) is 0. The minimum Gasteiger partial charge on any atom is -0.0945 e. The molecule has 1 fully saturated rings. The molecule has 1 saturated carbocycles. The molecule has 0 bridgehead atoms. The summed E-state index contributed by atoms with van der Waals surface area (Å²) >= 11 is 0. The fourth-order valence-corrected chi connectivity index (χ4v) is 4.23. The molecule has 0 heteroatoms. The van der Waals surface area contributed by atoms with Gasteiger partial charge in [-0.15, -0.1) is 0 Å². The fourth-order valence-electron chi connectivity index (χ4n) is 4.23. The van der Waals surface area contributed by atoms with E-state index in [9.17, 15) is 0 Å². The van der Waals surface area contributed by atoms with Gasteiger partial charge in [0.2, 0.25) is 0 Å². The molecule has 0 atom stereocenters. The second-order valence-electron chi connectivity index (χ2n) is 8.46. The summed E-state index contributed by atoms with van der Waals surface area (Å²) in [6.45, 7) is 4.51. The molecule has 0 amide bonds. The van der Waals surface area contributed by atoms with Gasteiger partial charge < -0.3 is 0 Å². The summed E-state index contributed by atoms with van der Waals surface area (Å²) in [5.41, 5.74) is 5.64. The van der Waals surface area contributed by atoms with E-state index in [0.29, 0.717) is 5.92 Å². The molecule has 148 valence electrons. The van der Waals surface area contributed by atoms with E-state index < -0.39 is 0 Å². The monoisotopic (exact) mass is 372 g/mol. The van der Waals surface area contributed by atoms with E-state index >= 15 is 0 Å². The van der Waals surface area contributed by atoms with Crippen LogP contribution in [0.3, 0.4) is 0 Å². The first-order valence-corrected chi connectivity index (χ1v) is 11.5. The lowest BCUT2D eigenvalue weighted by atomic mass is 9.78. The van der Waals surface area contributed by atoms with Gasteiger partial charge >= 0.3 is 0 Å². The van der Waals surface area contributed by atoms with Crippen LogP contribution in [0.4, 0.5) is 0 Å². The van der Waals surface area contributed by atoms with Crippen LogP contribution < -0.4 is 0 Å². The van der Waals surface area contributed by atoms with Crippen molar-refractivity contribution in [1.29, 1.82) is 0 Å². The normalized spacial score (nSPS) is 19.1. The molecule has 2 aromatic carbocycles. The van der Waals surface area contributed by atoms with Crippen molar-refractivity contribution in [3.8, 4) is 11.8 Å². The molecule has 2 aromatic rings. The molecule has 0 unspecified atom stereocenters. The zero-order valence-electron chi connectivity index (χ0n) is 17.8. The van der Waals surface area contributed by atoms with Crippen LogP contribution in [-0.2, 0) is 12.8 Å². The Labute approximate surface area is 172 Å². The molecule has 0 radical (unpaired) electrons. The third-order valence-electron chi connectivity index (χ3n) is 6.19. The van der Waals surface area contributed by atoms with E-state index in [1.807, 2.05) is 0 Å². The van der Waals surface area contributed by atoms with Crippen LogP contribution in [0.15, 0.2) is 48.5 Å². The molecule has 0 saturated heterocycles. The first-order chi connectivity index (χ1) is 13.8. The molecule has 1 aliphatic carbocycles. The summed E-state index contributed by atoms with van der Waals surface area (Å²) in [5, 5.41) is 0. The number of hydrogen-bond donors (Lipinski definition) is 0. The van der Waals surface area contributed by atoms with Crippen molar-refractivity contribution < 1.29 is 0 Å². The SMILES string of the molecule is CCCCc1ccc(C#CC2CCC(c3ccc(CCCC)cc3)CC2)cc1. The third-order valence-corrected chi connectivity index (χ3v) is 6.19. The summed E-state index contributed by atoms with van der Waals surface area (Å²) in [4.78, 5) is 0. The fraction of sp³-hybridized carbons (Fsp3) is 0.500. The molecular formula is C28H36. The Kier molecular flexibility index (Phi) is 8.23. The second kappa shape index (κ2) is 11.1. The van der Waals surface area contributed by atoms with Gasteiger partial charge in [-0.1, -0.05) is 74.9 Å². The highest BCUT2D eigenvalue weighted by Crippen LogP contribution is 2.35. The van der Waals surface area contributed by atoms with Crippen LogP contribution in [0, 0.1) is 17.8 Å². The van der Waals surface area contributed by atoms with Gasteiger partial charge in [-0.05, 0) is 86.1 Å². The lowest BCUT2D eigenvalue weighted by molar-refractivity contribution is 0.384. The van der Waals surface area contributed by atoms with Gasteiger partial charge in [-0.3, -0.25) is 0 Å². The molecular weight excluding hydrogens is 336 g/mol. The molecule has 0 heterocycles. The molecule has 0 N–H and O–H groups in total. The molecule has 0 spiro atoms. The van der Waals surface area contributed by atoms with Crippen LogP contribution in [-0.4, -0.2) is 0 Å². The van der Waals surface area contributed by atoms with Crippen LogP contribution in [0.5, 0.6) is 0 Å². The Morgan fingerprint density at radius 3 is 1.79 bits per heavy atom. The minimum atomic E-state index is 0.569. The number of rotatable bonds is 7. The van der Waals surface area contributed by atoms with Gasteiger partial charge in [-0.2, -0.15) is 0 Å². The Morgan fingerprint density at radius 2 is 1.25 bits per heavy atom. The Balaban J connectivity index is 1.48. The highest BCUT2D eigenvalue weighted by atomic mass is 14.2. The van der Waals surface area contributed by atoms with Crippen molar-refractivity contribution in [2.45, 2.75) is 84.0 Å². The maximum atomic E-state index is 3.55. The average molecular weight is 373 g/mol. The quantitative estimate of drug-likeness (QED) is 0.437. The second-order valence-corrected chi connectivity index (χ2v) is 8.46. The minimum absolute atomic E-state index is 0.569. The molecule has 1 aliphatic rings. The van der Waals surface area contributed by atoms with E-state index in [1.165, 1.54) is 86.5 Å². The van der Waals surface area contributed by atoms with E-state index in [4.69, 9.17) is 0 Å². The standard InChI is InChI=1S/C28H36/c1-3-5-7-23-9-11-25(12-10-23)13-14-26-17-21-28(22-18-26)27-19-15-24(16-20-27)8-6-4-2/h9-12,15-16,19-20,26,28H,3-8,17-18,21-22H2,1-2H3. The summed E-state index contributed by atoms with van der Waals surface area (Å²) in [5.74, 6) is 8.29. The number of aryl methyl sites for hydroxylation is 2. The largest absolute Gasteiger partial charge is 0.0945 e. The third kappa shape index (κ3) is 6.27. The van der Waals surface area contributed by atoms with Crippen molar-refractivity contribution in [2.75, 3.05) is 0 Å². The summed E-state index contributed by atoms with van der Waals surface area (Å²) < 4.78 is 0. The van der Waals surface area contributed by atoms with Gasteiger partial charge in [0.05, 0.1) is 0 Å². The van der Waals surface area contributed by atoms with Crippen molar-refractivity contribution in [2.24, 2.45) is 5.92 Å². The molecule has 0 aromatic heterocycles.